The van der Waals surface area contributed by atoms with E-state index < -0.39 is 5.91 Å². The molecule has 0 saturated carbocycles. The normalized spacial score (nSPS) is 11.4. The second-order valence-corrected chi connectivity index (χ2v) is 4.44. The summed E-state index contributed by atoms with van der Waals surface area (Å²) in [6, 6.07) is 11.2. The lowest BCUT2D eigenvalue weighted by atomic mass is 10.3. The Morgan fingerprint density at radius 1 is 1.45 bits per heavy atom. The van der Waals surface area contributed by atoms with E-state index in [9.17, 15) is 9.90 Å². The fourth-order valence-electron chi connectivity index (χ4n) is 1.71. The molecule has 104 valence electrons. The maximum Gasteiger partial charge on any atom is 0.252 e. The molecule has 20 heavy (non-hydrogen) atoms. The van der Waals surface area contributed by atoms with Gasteiger partial charge in [0, 0.05) is 12.1 Å². The van der Waals surface area contributed by atoms with Crippen molar-refractivity contribution in [2.75, 3.05) is 11.2 Å². The highest BCUT2D eigenvalue weighted by molar-refractivity contribution is 6.19. The van der Waals surface area contributed by atoms with E-state index in [1.807, 2.05) is 37.3 Å². The molecular weight excluding hydrogens is 278 g/mol. The molecule has 5 nitrogen and oxygen atoms in total. The molecule has 0 aliphatic rings. The van der Waals surface area contributed by atoms with Gasteiger partial charge in [0.05, 0.1) is 17.3 Å². The van der Waals surface area contributed by atoms with Gasteiger partial charge in [-0.05, 0) is 19.1 Å². The molecule has 0 radical (unpaired) electrons. The predicted molar refractivity (Wildman–Crippen MR) is 78.4 cm³/mol. The Balaban J connectivity index is 2.27. The van der Waals surface area contributed by atoms with Crippen molar-refractivity contribution in [3.63, 3.8) is 0 Å². The monoisotopic (exact) mass is 291 g/mol. The van der Waals surface area contributed by atoms with Crippen LogP contribution in [0, 0.1) is 6.92 Å². The van der Waals surface area contributed by atoms with Crippen LogP contribution in [0.25, 0.3) is 5.69 Å². The van der Waals surface area contributed by atoms with E-state index in [1.165, 1.54) is 0 Å². The quantitative estimate of drug-likeness (QED) is 0.517. The minimum atomic E-state index is -0.458. The number of amides is 1. The van der Waals surface area contributed by atoms with Crippen molar-refractivity contribution < 1.29 is 9.90 Å². The zero-order valence-corrected chi connectivity index (χ0v) is 11.6. The molecule has 0 aliphatic carbocycles. The molecule has 0 aliphatic heterocycles. The van der Waals surface area contributed by atoms with Crippen LogP contribution in [0.3, 0.4) is 0 Å². The fourth-order valence-corrected chi connectivity index (χ4v) is 1.78. The molecule has 0 atom stereocenters. The van der Waals surface area contributed by atoms with E-state index >= 15 is 0 Å². The number of rotatable bonds is 4. The van der Waals surface area contributed by atoms with Crippen molar-refractivity contribution in [2.45, 2.75) is 6.92 Å². The molecule has 2 aromatic rings. The van der Waals surface area contributed by atoms with Crippen LogP contribution in [0.1, 0.15) is 5.69 Å². The zero-order chi connectivity index (χ0) is 14.5. The molecule has 2 rings (SSSR count). The first kappa shape index (κ1) is 14.1. The van der Waals surface area contributed by atoms with Crippen molar-refractivity contribution in [2.24, 2.45) is 0 Å². The molecule has 1 amide bonds. The topological polar surface area (TPSA) is 67.2 Å². The molecule has 0 saturated heterocycles. The number of alkyl halides is 1. The third-order valence-corrected chi connectivity index (χ3v) is 2.79. The number of carbonyl (C=O) groups excluding carboxylic acids is 1. The summed E-state index contributed by atoms with van der Waals surface area (Å²) in [6.07, 6.45) is 1.05. The van der Waals surface area contributed by atoms with Crippen molar-refractivity contribution in [1.29, 1.82) is 0 Å². The van der Waals surface area contributed by atoms with Gasteiger partial charge in [-0.25, -0.2) is 4.68 Å². The average molecular weight is 292 g/mol. The highest BCUT2D eigenvalue weighted by atomic mass is 35.5. The van der Waals surface area contributed by atoms with Gasteiger partial charge in [0.25, 0.3) is 5.91 Å². The minimum absolute atomic E-state index is 0.107. The van der Waals surface area contributed by atoms with E-state index in [1.54, 1.807) is 10.7 Å². The van der Waals surface area contributed by atoms with Crippen molar-refractivity contribution in [1.82, 2.24) is 9.78 Å². The molecule has 1 aromatic carbocycles. The van der Waals surface area contributed by atoms with Gasteiger partial charge in [0.1, 0.15) is 11.6 Å². The molecule has 1 aromatic heterocycles. The number of nitrogens with one attached hydrogen (secondary N) is 1. The van der Waals surface area contributed by atoms with E-state index in [4.69, 9.17) is 11.6 Å². The number of benzene rings is 1. The Bertz CT molecular complexity index is 635. The van der Waals surface area contributed by atoms with E-state index in [0.717, 1.165) is 17.5 Å². The van der Waals surface area contributed by atoms with Gasteiger partial charge in [-0.15, -0.1) is 11.6 Å². The summed E-state index contributed by atoms with van der Waals surface area (Å²) >= 11 is 5.41. The van der Waals surface area contributed by atoms with E-state index in [0.29, 0.717) is 5.82 Å². The molecule has 2 N–H and O–H groups in total. The summed E-state index contributed by atoms with van der Waals surface area (Å²) in [6.45, 7) is 1.83. The van der Waals surface area contributed by atoms with Crippen LogP contribution in [-0.4, -0.2) is 26.7 Å². The molecule has 0 spiro atoms. The molecule has 1 heterocycles. The van der Waals surface area contributed by atoms with Crippen LogP contribution in [0.5, 0.6) is 0 Å². The SMILES string of the molecule is Cc1cc(NC(=O)/C=C(/O)CCl)n(-c2ccccc2)n1. The van der Waals surface area contributed by atoms with E-state index in [-0.39, 0.29) is 11.6 Å². The van der Waals surface area contributed by atoms with Crippen molar-refractivity contribution in [3.05, 3.63) is 53.9 Å². The highest BCUT2D eigenvalue weighted by Crippen LogP contribution is 2.16. The van der Waals surface area contributed by atoms with Gasteiger partial charge in [0.15, 0.2) is 0 Å². The smallest absolute Gasteiger partial charge is 0.252 e. The predicted octanol–water partition coefficient (Wildman–Crippen LogP) is 2.80. The lowest BCUT2D eigenvalue weighted by molar-refractivity contribution is -0.112. The number of aliphatic hydroxyl groups excluding tert-OH is 1. The first-order chi connectivity index (χ1) is 9.60. The summed E-state index contributed by atoms with van der Waals surface area (Å²) in [4.78, 5) is 11.7. The number of anilines is 1. The Hall–Kier alpha value is -2.27. The third kappa shape index (κ3) is 3.39. The number of para-hydroxylation sites is 1. The summed E-state index contributed by atoms with van der Waals surface area (Å²) in [7, 11) is 0. The first-order valence-corrected chi connectivity index (χ1v) is 6.52. The number of hydrogen-bond donors (Lipinski definition) is 2. The van der Waals surface area contributed by atoms with Crippen molar-refractivity contribution >= 4 is 23.3 Å². The maximum absolute atomic E-state index is 11.7. The van der Waals surface area contributed by atoms with Crippen LogP contribution in [-0.2, 0) is 4.79 Å². The third-order valence-electron chi connectivity index (χ3n) is 2.52. The van der Waals surface area contributed by atoms with Crippen LogP contribution in [0.2, 0.25) is 0 Å². The number of aryl methyl sites for hydroxylation is 1. The van der Waals surface area contributed by atoms with Gasteiger partial charge in [-0.2, -0.15) is 5.10 Å². The van der Waals surface area contributed by atoms with Gasteiger partial charge < -0.3 is 10.4 Å². The van der Waals surface area contributed by atoms with Gasteiger partial charge >= 0.3 is 0 Å². The molecule has 0 bridgehead atoms. The number of hydrogen-bond acceptors (Lipinski definition) is 3. The first-order valence-electron chi connectivity index (χ1n) is 5.98. The Morgan fingerprint density at radius 2 is 2.15 bits per heavy atom. The van der Waals surface area contributed by atoms with E-state index in [2.05, 4.69) is 10.4 Å². The lowest BCUT2D eigenvalue weighted by Crippen LogP contribution is -2.13. The number of allylic oxidation sites excluding steroid dienone is 1. The van der Waals surface area contributed by atoms with Gasteiger partial charge in [0.2, 0.25) is 0 Å². The molecular formula is C14H14ClN3O2. The standard InChI is InChI=1S/C14H14ClN3O2/c1-10-7-13(16-14(20)8-12(19)9-15)18(17-10)11-5-3-2-4-6-11/h2-8,19H,9H2,1H3,(H,16,20)/b12-8+. The molecule has 0 unspecified atom stereocenters. The minimum Gasteiger partial charge on any atom is -0.511 e. The summed E-state index contributed by atoms with van der Waals surface area (Å²) < 4.78 is 1.62. The molecule has 0 fully saturated rings. The van der Waals surface area contributed by atoms with Crippen LogP contribution < -0.4 is 5.32 Å². The molecule has 6 heteroatoms. The average Bonchev–Trinajstić information content (AvgIpc) is 2.80. The maximum atomic E-state index is 11.7. The van der Waals surface area contributed by atoms with Crippen LogP contribution in [0.4, 0.5) is 5.82 Å². The summed E-state index contributed by atoms with van der Waals surface area (Å²) in [5.41, 5.74) is 1.61. The number of halogens is 1. The second kappa shape index (κ2) is 6.25. The lowest BCUT2D eigenvalue weighted by Gasteiger charge is -2.07. The van der Waals surface area contributed by atoms with Crippen LogP contribution in [0.15, 0.2) is 48.2 Å². The van der Waals surface area contributed by atoms with Crippen molar-refractivity contribution in [3.8, 4) is 5.69 Å². The summed E-state index contributed by atoms with van der Waals surface area (Å²) in [5.74, 6) is -0.228. The summed E-state index contributed by atoms with van der Waals surface area (Å²) in [5, 5.41) is 16.2. The largest absolute Gasteiger partial charge is 0.511 e. The van der Waals surface area contributed by atoms with Gasteiger partial charge in [-0.3, -0.25) is 4.79 Å². The fraction of sp³-hybridized carbons (Fsp3) is 0.143. The Kier molecular flexibility index (Phi) is 4.42. The van der Waals surface area contributed by atoms with Gasteiger partial charge in [-0.1, -0.05) is 18.2 Å². The zero-order valence-electron chi connectivity index (χ0n) is 10.9. The Labute approximate surface area is 121 Å². The second-order valence-electron chi connectivity index (χ2n) is 4.18. The van der Waals surface area contributed by atoms with Crippen LogP contribution >= 0.6 is 11.6 Å². The number of carbonyl (C=O) groups is 1. The Morgan fingerprint density at radius 3 is 2.80 bits per heavy atom. The number of aromatic nitrogens is 2. The number of aliphatic hydroxyl groups is 1. The highest BCUT2D eigenvalue weighted by Gasteiger charge is 2.09. The number of nitrogens with zero attached hydrogens (tertiary/aromatic N) is 2.